The van der Waals surface area contributed by atoms with Crippen molar-refractivity contribution in [2.24, 2.45) is 17.6 Å². The first kappa shape index (κ1) is 13.4. The Morgan fingerprint density at radius 2 is 2.00 bits per heavy atom. The van der Waals surface area contributed by atoms with Crippen molar-refractivity contribution in [3.63, 3.8) is 0 Å². The predicted molar refractivity (Wildman–Crippen MR) is 75.8 cm³/mol. The summed E-state index contributed by atoms with van der Waals surface area (Å²) in [5.74, 6) is 2.55. The highest BCUT2D eigenvalue weighted by Crippen LogP contribution is 2.33. The van der Waals surface area contributed by atoms with Gasteiger partial charge in [-0.1, -0.05) is 25.5 Å². The molecule has 1 aliphatic rings. The first-order valence-electron chi connectivity index (χ1n) is 7.07. The van der Waals surface area contributed by atoms with Gasteiger partial charge in [0.05, 0.1) is 7.11 Å². The molecule has 1 fully saturated rings. The summed E-state index contributed by atoms with van der Waals surface area (Å²) in [6.45, 7) is 2.34. The molecule has 3 unspecified atom stereocenters. The molecule has 1 aliphatic carbocycles. The molecule has 0 aliphatic heterocycles. The minimum Gasteiger partial charge on any atom is -0.497 e. The Bertz CT molecular complexity index is 360. The summed E-state index contributed by atoms with van der Waals surface area (Å²) >= 11 is 0. The Morgan fingerprint density at radius 1 is 1.28 bits per heavy atom. The molecule has 0 heterocycles. The minimum absolute atomic E-state index is 0.372. The van der Waals surface area contributed by atoms with Crippen molar-refractivity contribution in [2.45, 2.75) is 45.1 Å². The number of methoxy groups -OCH3 is 1. The van der Waals surface area contributed by atoms with E-state index in [1.807, 2.05) is 12.1 Å². The van der Waals surface area contributed by atoms with Gasteiger partial charge in [0.15, 0.2) is 0 Å². The second-order valence-electron chi connectivity index (χ2n) is 5.73. The number of ether oxygens (including phenoxy) is 1. The van der Waals surface area contributed by atoms with Gasteiger partial charge in [0, 0.05) is 6.04 Å². The topological polar surface area (TPSA) is 35.2 Å². The lowest BCUT2D eigenvalue weighted by molar-refractivity contribution is 0.398. The minimum atomic E-state index is 0.372. The van der Waals surface area contributed by atoms with Gasteiger partial charge in [0.2, 0.25) is 0 Å². The van der Waals surface area contributed by atoms with Crippen LogP contribution in [0.5, 0.6) is 5.75 Å². The number of hydrogen-bond acceptors (Lipinski definition) is 2. The van der Waals surface area contributed by atoms with Crippen LogP contribution in [0, 0.1) is 11.8 Å². The molecule has 0 saturated heterocycles. The van der Waals surface area contributed by atoms with Gasteiger partial charge >= 0.3 is 0 Å². The standard InChI is InChI=1S/C16H25NO/c1-12-3-7-14(11-12)16(17)10-6-13-4-8-15(18-2)9-5-13/h4-5,8-9,12,14,16H,3,6-7,10-11,17H2,1-2H3. The molecular weight excluding hydrogens is 222 g/mol. The largest absolute Gasteiger partial charge is 0.497 e. The van der Waals surface area contributed by atoms with E-state index in [9.17, 15) is 0 Å². The van der Waals surface area contributed by atoms with E-state index in [1.165, 1.54) is 24.8 Å². The molecule has 2 N–H and O–H groups in total. The van der Waals surface area contributed by atoms with Gasteiger partial charge in [-0.15, -0.1) is 0 Å². The van der Waals surface area contributed by atoms with Crippen LogP contribution in [0.3, 0.4) is 0 Å². The summed E-state index contributed by atoms with van der Waals surface area (Å²) < 4.78 is 5.16. The van der Waals surface area contributed by atoms with Crippen molar-refractivity contribution in [1.29, 1.82) is 0 Å². The zero-order chi connectivity index (χ0) is 13.0. The molecule has 100 valence electrons. The molecule has 2 heteroatoms. The van der Waals surface area contributed by atoms with Crippen LogP contribution in [0.4, 0.5) is 0 Å². The molecule has 0 radical (unpaired) electrons. The summed E-state index contributed by atoms with van der Waals surface area (Å²) in [5, 5.41) is 0. The highest BCUT2D eigenvalue weighted by molar-refractivity contribution is 5.27. The predicted octanol–water partition coefficient (Wildman–Crippen LogP) is 3.39. The van der Waals surface area contributed by atoms with Crippen molar-refractivity contribution < 1.29 is 4.74 Å². The summed E-state index contributed by atoms with van der Waals surface area (Å²) in [7, 11) is 1.70. The fraction of sp³-hybridized carbons (Fsp3) is 0.625. The molecule has 1 aromatic rings. The fourth-order valence-corrected chi connectivity index (χ4v) is 3.00. The molecule has 2 rings (SSSR count). The van der Waals surface area contributed by atoms with Crippen LogP contribution < -0.4 is 10.5 Å². The van der Waals surface area contributed by atoms with E-state index in [0.29, 0.717) is 6.04 Å². The zero-order valence-electron chi connectivity index (χ0n) is 11.6. The normalized spacial score (nSPS) is 25.1. The number of aryl methyl sites for hydroxylation is 1. The molecular formula is C16H25NO. The van der Waals surface area contributed by atoms with Gasteiger partial charge in [-0.25, -0.2) is 0 Å². The van der Waals surface area contributed by atoms with Crippen LogP contribution in [0.2, 0.25) is 0 Å². The van der Waals surface area contributed by atoms with E-state index in [1.54, 1.807) is 7.11 Å². The molecule has 2 nitrogen and oxygen atoms in total. The first-order valence-corrected chi connectivity index (χ1v) is 7.07. The van der Waals surface area contributed by atoms with E-state index in [4.69, 9.17) is 10.5 Å². The van der Waals surface area contributed by atoms with Crippen molar-refractivity contribution >= 4 is 0 Å². The summed E-state index contributed by atoms with van der Waals surface area (Å²) in [5.41, 5.74) is 7.68. The summed E-state index contributed by atoms with van der Waals surface area (Å²) in [4.78, 5) is 0. The highest BCUT2D eigenvalue weighted by atomic mass is 16.5. The van der Waals surface area contributed by atoms with E-state index < -0.39 is 0 Å². The molecule has 1 aromatic carbocycles. The maximum Gasteiger partial charge on any atom is 0.118 e. The van der Waals surface area contributed by atoms with Crippen LogP contribution >= 0.6 is 0 Å². The molecule has 18 heavy (non-hydrogen) atoms. The van der Waals surface area contributed by atoms with E-state index in [-0.39, 0.29) is 0 Å². The molecule has 1 saturated carbocycles. The highest BCUT2D eigenvalue weighted by Gasteiger charge is 2.26. The van der Waals surface area contributed by atoms with Gasteiger partial charge in [-0.3, -0.25) is 0 Å². The van der Waals surface area contributed by atoms with Crippen molar-refractivity contribution in [3.8, 4) is 5.75 Å². The van der Waals surface area contributed by atoms with Crippen LogP contribution in [0.1, 0.15) is 38.2 Å². The summed E-state index contributed by atoms with van der Waals surface area (Å²) in [6.07, 6.45) is 6.19. The third-order valence-electron chi connectivity index (χ3n) is 4.27. The quantitative estimate of drug-likeness (QED) is 0.865. The van der Waals surface area contributed by atoms with Gasteiger partial charge in [-0.2, -0.15) is 0 Å². The van der Waals surface area contributed by atoms with Crippen molar-refractivity contribution in [2.75, 3.05) is 7.11 Å². The third kappa shape index (κ3) is 3.49. The Morgan fingerprint density at radius 3 is 2.56 bits per heavy atom. The molecule has 0 bridgehead atoms. The Kier molecular flexibility index (Phi) is 4.65. The number of benzene rings is 1. The number of rotatable bonds is 5. The van der Waals surface area contributed by atoms with Gasteiger partial charge in [-0.05, 0) is 55.2 Å². The Hall–Kier alpha value is -1.02. The lowest BCUT2D eigenvalue weighted by Gasteiger charge is -2.19. The van der Waals surface area contributed by atoms with Crippen LogP contribution in [0.15, 0.2) is 24.3 Å². The van der Waals surface area contributed by atoms with Crippen LogP contribution in [0.25, 0.3) is 0 Å². The smallest absolute Gasteiger partial charge is 0.118 e. The number of hydrogen-bond donors (Lipinski definition) is 1. The zero-order valence-corrected chi connectivity index (χ0v) is 11.6. The van der Waals surface area contributed by atoms with Crippen LogP contribution in [-0.2, 0) is 6.42 Å². The van der Waals surface area contributed by atoms with Gasteiger partial charge < -0.3 is 10.5 Å². The van der Waals surface area contributed by atoms with Gasteiger partial charge in [0.1, 0.15) is 5.75 Å². The Balaban J connectivity index is 1.79. The third-order valence-corrected chi connectivity index (χ3v) is 4.27. The average molecular weight is 247 g/mol. The van der Waals surface area contributed by atoms with E-state index >= 15 is 0 Å². The lowest BCUT2D eigenvalue weighted by atomic mass is 9.92. The van der Waals surface area contributed by atoms with Crippen LogP contribution in [-0.4, -0.2) is 13.2 Å². The van der Waals surface area contributed by atoms with E-state index in [2.05, 4.69) is 19.1 Å². The lowest BCUT2D eigenvalue weighted by Crippen LogP contribution is -2.29. The van der Waals surface area contributed by atoms with Gasteiger partial charge in [0.25, 0.3) is 0 Å². The number of nitrogens with two attached hydrogens (primary N) is 1. The maximum absolute atomic E-state index is 6.32. The fourth-order valence-electron chi connectivity index (χ4n) is 3.00. The first-order chi connectivity index (χ1) is 8.69. The maximum atomic E-state index is 6.32. The summed E-state index contributed by atoms with van der Waals surface area (Å²) in [6, 6.07) is 8.71. The average Bonchev–Trinajstić information content (AvgIpc) is 2.83. The molecule has 3 atom stereocenters. The van der Waals surface area contributed by atoms with Crippen molar-refractivity contribution in [1.82, 2.24) is 0 Å². The second-order valence-corrected chi connectivity index (χ2v) is 5.73. The SMILES string of the molecule is COc1ccc(CCC(N)C2CCC(C)C2)cc1. The molecule has 0 amide bonds. The molecule has 0 spiro atoms. The van der Waals surface area contributed by atoms with E-state index in [0.717, 1.165) is 30.4 Å². The molecule has 0 aromatic heterocycles. The van der Waals surface area contributed by atoms with Crippen molar-refractivity contribution in [3.05, 3.63) is 29.8 Å². The Labute approximate surface area is 111 Å². The second kappa shape index (κ2) is 6.24. The monoisotopic (exact) mass is 247 g/mol.